The summed E-state index contributed by atoms with van der Waals surface area (Å²) >= 11 is 6.26. The van der Waals surface area contributed by atoms with Gasteiger partial charge >= 0.3 is 0 Å². The molecule has 0 spiro atoms. The van der Waals surface area contributed by atoms with Crippen molar-refractivity contribution in [2.45, 2.75) is 6.54 Å². The fourth-order valence-corrected chi connectivity index (χ4v) is 2.75. The zero-order valence-corrected chi connectivity index (χ0v) is 14.8. The van der Waals surface area contributed by atoms with Crippen LogP contribution in [0.15, 0.2) is 42.5 Å². The molecule has 26 heavy (non-hydrogen) atoms. The zero-order valence-electron chi connectivity index (χ0n) is 14.0. The van der Waals surface area contributed by atoms with E-state index in [2.05, 4.69) is 4.98 Å². The van der Waals surface area contributed by atoms with Crippen LogP contribution in [0.1, 0.15) is 16.1 Å². The van der Waals surface area contributed by atoms with Gasteiger partial charge in [0.05, 0.1) is 10.5 Å². The maximum Gasteiger partial charge on any atom is 0.276 e. The Kier molecular flexibility index (Phi) is 4.83. The standard InChI is InChI=1S/C18H18ClN5O2/c1-24(18(21)22)17(25)13-8-11-12(19)6-7-15(16(11)23-13)26-14-5-3-2-4-10(14)9-20/h2-8,23H,9,20H2,1H3,(H3,21,22). The van der Waals surface area contributed by atoms with E-state index < -0.39 is 5.91 Å². The van der Waals surface area contributed by atoms with Crippen molar-refractivity contribution in [1.82, 2.24) is 9.88 Å². The zero-order chi connectivity index (χ0) is 18.8. The molecular weight excluding hydrogens is 354 g/mol. The molecule has 0 fully saturated rings. The molecule has 1 amide bonds. The Labute approximate surface area is 155 Å². The van der Waals surface area contributed by atoms with Crippen molar-refractivity contribution in [2.75, 3.05) is 7.05 Å². The van der Waals surface area contributed by atoms with Crippen LogP contribution in [0.25, 0.3) is 10.9 Å². The van der Waals surface area contributed by atoms with E-state index in [0.717, 1.165) is 10.5 Å². The molecule has 0 atom stereocenters. The highest BCUT2D eigenvalue weighted by Gasteiger charge is 2.19. The van der Waals surface area contributed by atoms with Gasteiger partial charge in [-0.1, -0.05) is 29.8 Å². The number of aromatic amines is 1. The number of guanidine groups is 1. The number of carbonyl (C=O) groups excluding carboxylic acids is 1. The molecule has 0 aliphatic heterocycles. The number of nitrogens with two attached hydrogens (primary N) is 2. The molecule has 0 saturated carbocycles. The lowest BCUT2D eigenvalue weighted by Gasteiger charge is -2.13. The van der Waals surface area contributed by atoms with Crippen molar-refractivity contribution >= 4 is 34.4 Å². The van der Waals surface area contributed by atoms with Crippen molar-refractivity contribution in [3.63, 3.8) is 0 Å². The molecule has 134 valence electrons. The summed E-state index contributed by atoms with van der Waals surface area (Å²) in [5, 5.41) is 8.51. The smallest absolute Gasteiger partial charge is 0.276 e. The van der Waals surface area contributed by atoms with Gasteiger partial charge in [0, 0.05) is 24.5 Å². The van der Waals surface area contributed by atoms with Crippen molar-refractivity contribution in [3.8, 4) is 11.5 Å². The molecule has 8 heteroatoms. The summed E-state index contributed by atoms with van der Waals surface area (Å²) in [6, 6.07) is 12.5. The number of nitrogens with zero attached hydrogens (tertiary/aromatic N) is 1. The number of benzene rings is 2. The van der Waals surface area contributed by atoms with Crippen LogP contribution in [-0.4, -0.2) is 28.8 Å². The number of aromatic nitrogens is 1. The fraction of sp³-hybridized carbons (Fsp3) is 0.111. The molecule has 3 aromatic rings. The number of para-hydroxylation sites is 1. The van der Waals surface area contributed by atoms with Crippen molar-refractivity contribution in [2.24, 2.45) is 11.5 Å². The molecular formula is C18H18ClN5O2. The number of fused-ring (bicyclic) bond motifs is 1. The highest BCUT2D eigenvalue weighted by Crippen LogP contribution is 2.35. The summed E-state index contributed by atoms with van der Waals surface area (Å²) in [5.41, 5.74) is 12.8. The molecule has 1 heterocycles. The Balaban J connectivity index is 2.06. The number of ether oxygens (including phenoxy) is 1. The van der Waals surface area contributed by atoms with Gasteiger partial charge in [0.1, 0.15) is 11.4 Å². The summed E-state index contributed by atoms with van der Waals surface area (Å²) in [4.78, 5) is 16.5. The Morgan fingerprint density at radius 3 is 2.69 bits per heavy atom. The molecule has 0 radical (unpaired) electrons. The second kappa shape index (κ2) is 7.07. The SMILES string of the molecule is CN(C(=N)N)C(=O)c1cc2c(Cl)ccc(Oc3ccccc3CN)c2[nH]1. The third-order valence-electron chi connectivity index (χ3n) is 4.01. The molecule has 6 N–H and O–H groups in total. The number of hydrogen-bond acceptors (Lipinski definition) is 4. The van der Waals surface area contributed by atoms with Crippen LogP contribution in [0.3, 0.4) is 0 Å². The quantitative estimate of drug-likeness (QED) is 0.416. The van der Waals surface area contributed by atoms with Crippen LogP contribution in [0, 0.1) is 5.41 Å². The predicted octanol–water partition coefficient (Wildman–Crippen LogP) is 3.04. The summed E-state index contributed by atoms with van der Waals surface area (Å²) in [5.74, 6) is 0.336. The van der Waals surface area contributed by atoms with E-state index in [-0.39, 0.29) is 11.7 Å². The molecule has 0 unspecified atom stereocenters. The van der Waals surface area contributed by atoms with E-state index >= 15 is 0 Å². The first kappa shape index (κ1) is 17.8. The van der Waals surface area contributed by atoms with Crippen LogP contribution >= 0.6 is 11.6 Å². The van der Waals surface area contributed by atoms with Gasteiger partial charge in [-0.3, -0.25) is 15.1 Å². The van der Waals surface area contributed by atoms with Gasteiger partial charge in [-0.05, 0) is 24.3 Å². The molecule has 7 nitrogen and oxygen atoms in total. The molecule has 0 bridgehead atoms. The minimum Gasteiger partial charge on any atom is -0.455 e. The van der Waals surface area contributed by atoms with Crippen molar-refractivity contribution < 1.29 is 9.53 Å². The number of halogens is 1. The van der Waals surface area contributed by atoms with Crippen LogP contribution in [0.2, 0.25) is 5.02 Å². The Morgan fingerprint density at radius 1 is 1.27 bits per heavy atom. The van der Waals surface area contributed by atoms with E-state index in [0.29, 0.717) is 34.0 Å². The lowest BCUT2D eigenvalue weighted by atomic mass is 10.2. The normalized spacial score (nSPS) is 10.7. The second-order valence-corrected chi connectivity index (χ2v) is 6.09. The Morgan fingerprint density at radius 2 is 2.00 bits per heavy atom. The van der Waals surface area contributed by atoms with Gasteiger partial charge in [0.15, 0.2) is 11.7 Å². The van der Waals surface area contributed by atoms with E-state index in [1.165, 1.54) is 7.05 Å². The number of amides is 1. The minimum atomic E-state index is -0.446. The highest BCUT2D eigenvalue weighted by molar-refractivity contribution is 6.35. The van der Waals surface area contributed by atoms with Crippen LogP contribution in [0.5, 0.6) is 11.5 Å². The molecule has 3 rings (SSSR count). The highest BCUT2D eigenvalue weighted by atomic mass is 35.5. The third kappa shape index (κ3) is 3.22. The van der Waals surface area contributed by atoms with E-state index in [1.54, 1.807) is 18.2 Å². The molecule has 2 aromatic carbocycles. The summed E-state index contributed by atoms with van der Waals surface area (Å²) in [6.45, 7) is 0.338. The van der Waals surface area contributed by atoms with Gasteiger partial charge in [-0.15, -0.1) is 0 Å². The number of carbonyl (C=O) groups is 1. The average Bonchev–Trinajstić information content (AvgIpc) is 3.09. The van der Waals surface area contributed by atoms with Gasteiger partial charge in [-0.2, -0.15) is 0 Å². The first-order valence-electron chi connectivity index (χ1n) is 7.81. The maximum atomic E-state index is 12.4. The monoisotopic (exact) mass is 371 g/mol. The first-order chi connectivity index (χ1) is 12.4. The Bertz CT molecular complexity index is 998. The number of H-pyrrole nitrogens is 1. The van der Waals surface area contributed by atoms with Gasteiger partial charge in [0.25, 0.3) is 5.91 Å². The Hall–Kier alpha value is -3.03. The predicted molar refractivity (Wildman–Crippen MR) is 102 cm³/mol. The van der Waals surface area contributed by atoms with E-state index in [9.17, 15) is 4.79 Å². The van der Waals surface area contributed by atoms with E-state index in [4.69, 9.17) is 33.2 Å². The number of nitrogens with one attached hydrogen (secondary N) is 2. The summed E-state index contributed by atoms with van der Waals surface area (Å²) in [6.07, 6.45) is 0. The van der Waals surface area contributed by atoms with E-state index in [1.807, 2.05) is 24.3 Å². The third-order valence-corrected chi connectivity index (χ3v) is 4.34. The van der Waals surface area contributed by atoms with Crippen molar-refractivity contribution in [3.05, 3.63) is 58.7 Å². The lowest BCUT2D eigenvalue weighted by molar-refractivity contribution is 0.0864. The molecule has 1 aromatic heterocycles. The molecule has 0 saturated heterocycles. The van der Waals surface area contributed by atoms with Crippen molar-refractivity contribution in [1.29, 1.82) is 5.41 Å². The van der Waals surface area contributed by atoms with Gasteiger partial charge in [0.2, 0.25) is 0 Å². The summed E-state index contributed by atoms with van der Waals surface area (Å²) < 4.78 is 6.01. The molecule has 0 aliphatic carbocycles. The largest absolute Gasteiger partial charge is 0.455 e. The van der Waals surface area contributed by atoms with Crippen LogP contribution in [-0.2, 0) is 6.54 Å². The topological polar surface area (TPSA) is 121 Å². The molecule has 0 aliphatic rings. The minimum absolute atomic E-state index is 0.253. The van der Waals surface area contributed by atoms with Gasteiger partial charge < -0.3 is 21.2 Å². The second-order valence-electron chi connectivity index (χ2n) is 5.68. The summed E-state index contributed by atoms with van der Waals surface area (Å²) in [7, 11) is 1.42. The number of rotatable bonds is 4. The average molecular weight is 372 g/mol. The van der Waals surface area contributed by atoms with Crippen LogP contribution in [0.4, 0.5) is 0 Å². The number of hydrogen-bond donors (Lipinski definition) is 4. The van der Waals surface area contributed by atoms with Gasteiger partial charge in [-0.25, -0.2) is 0 Å². The van der Waals surface area contributed by atoms with Crippen LogP contribution < -0.4 is 16.2 Å². The first-order valence-corrected chi connectivity index (χ1v) is 8.19. The fourth-order valence-electron chi connectivity index (χ4n) is 2.54. The lowest BCUT2D eigenvalue weighted by Crippen LogP contribution is -2.38. The maximum absolute atomic E-state index is 12.4.